The number of hydrogen-bond donors (Lipinski definition) is 3. The first-order valence-corrected chi connectivity index (χ1v) is 6.19. The zero-order valence-electron chi connectivity index (χ0n) is 10.9. The van der Waals surface area contributed by atoms with Gasteiger partial charge in [0.1, 0.15) is 11.4 Å². The standard InChI is InChI=1S/C12H23N3O2/c1-8(2)17-11(16)15-12(10(13)14)6-4-9(3)5-7-12/h8-9H,4-7H2,1-3H3,(H3,13,14)(H,15,16). The zero-order valence-corrected chi connectivity index (χ0v) is 10.9. The van der Waals surface area contributed by atoms with E-state index in [4.69, 9.17) is 15.9 Å². The van der Waals surface area contributed by atoms with Gasteiger partial charge in [0.2, 0.25) is 0 Å². The van der Waals surface area contributed by atoms with Gasteiger partial charge in [-0.3, -0.25) is 5.41 Å². The van der Waals surface area contributed by atoms with Gasteiger partial charge in [-0.15, -0.1) is 0 Å². The first-order chi connectivity index (χ1) is 7.85. The van der Waals surface area contributed by atoms with Crippen LogP contribution in [-0.4, -0.2) is 23.6 Å². The third kappa shape index (κ3) is 3.61. The molecular formula is C12H23N3O2. The number of hydrogen-bond acceptors (Lipinski definition) is 3. The van der Waals surface area contributed by atoms with Crippen LogP contribution in [0.2, 0.25) is 0 Å². The van der Waals surface area contributed by atoms with Gasteiger partial charge in [0, 0.05) is 0 Å². The summed E-state index contributed by atoms with van der Waals surface area (Å²) in [5.41, 5.74) is 4.94. The number of nitrogens with two attached hydrogens (primary N) is 1. The second-order valence-electron chi connectivity index (χ2n) is 5.26. The topological polar surface area (TPSA) is 88.2 Å². The lowest BCUT2D eigenvalue weighted by molar-refractivity contribution is 0.104. The van der Waals surface area contributed by atoms with E-state index in [9.17, 15) is 4.79 Å². The van der Waals surface area contributed by atoms with Crippen LogP contribution in [0.4, 0.5) is 4.79 Å². The summed E-state index contributed by atoms with van der Waals surface area (Å²) < 4.78 is 5.05. The van der Waals surface area contributed by atoms with Crippen LogP contribution in [0.15, 0.2) is 0 Å². The minimum atomic E-state index is -0.696. The maximum absolute atomic E-state index is 11.6. The summed E-state index contributed by atoms with van der Waals surface area (Å²) in [4.78, 5) is 11.6. The number of carbonyl (C=O) groups excluding carboxylic acids is 1. The summed E-state index contributed by atoms with van der Waals surface area (Å²) in [7, 11) is 0. The number of alkyl carbamates (subject to hydrolysis) is 1. The second-order valence-corrected chi connectivity index (χ2v) is 5.26. The molecule has 0 saturated heterocycles. The van der Waals surface area contributed by atoms with Crippen molar-refractivity contribution in [1.29, 1.82) is 5.41 Å². The smallest absolute Gasteiger partial charge is 0.408 e. The predicted molar refractivity (Wildman–Crippen MR) is 67.0 cm³/mol. The normalized spacial score (nSPS) is 28.8. The Labute approximate surface area is 103 Å². The Balaban J connectivity index is 2.66. The Hall–Kier alpha value is -1.26. The maximum atomic E-state index is 11.6. The molecule has 1 amide bonds. The van der Waals surface area contributed by atoms with E-state index in [1.54, 1.807) is 13.8 Å². The molecule has 0 radical (unpaired) electrons. The van der Waals surface area contributed by atoms with Gasteiger partial charge >= 0.3 is 6.09 Å². The summed E-state index contributed by atoms with van der Waals surface area (Å²) in [6, 6.07) is 0. The largest absolute Gasteiger partial charge is 0.447 e. The van der Waals surface area contributed by atoms with Crippen molar-refractivity contribution in [3.63, 3.8) is 0 Å². The van der Waals surface area contributed by atoms with Crippen LogP contribution in [0.3, 0.4) is 0 Å². The van der Waals surface area contributed by atoms with Crippen molar-refractivity contribution >= 4 is 11.9 Å². The van der Waals surface area contributed by atoms with Gasteiger partial charge in [-0.1, -0.05) is 6.92 Å². The van der Waals surface area contributed by atoms with Gasteiger partial charge in [-0.2, -0.15) is 0 Å². The van der Waals surface area contributed by atoms with E-state index in [1.165, 1.54) is 0 Å². The number of rotatable bonds is 3. The molecule has 0 spiro atoms. The lowest BCUT2D eigenvalue weighted by atomic mass is 9.76. The van der Waals surface area contributed by atoms with Crippen molar-refractivity contribution in [1.82, 2.24) is 5.32 Å². The Morgan fingerprint density at radius 1 is 1.47 bits per heavy atom. The Morgan fingerprint density at radius 2 is 2.00 bits per heavy atom. The number of nitrogens with one attached hydrogen (secondary N) is 2. The minimum absolute atomic E-state index is 0.0325. The summed E-state index contributed by atoms with van der Waals surface area (Å²) in [5.74, 6) is 0.663. The monoisotopic (exact) mass is 241 g/mol. The van der Waals surface area contributed by atoms with Crippen molar-refractivity contribution in [2.24, 2.45) is 11.7 Å². The number of amides is 1. The molecule has 0 aromatic rings. The molecule has 1 aliphatic carbocycles. The van der Waals surface area contributed by atoms with Crippen LogP contribution in [-0.2, 0) is 4.74 Å². The fourth-order valence-corrected chi connectivity index (χ4v) is 2.16. The molecule has 1 fully saturated rings. The highest BCUT2D eigenvalue weighted by atomic mass is 16.6. The number of carbonyl (C=O) groups is 1. The Morgan fingerprint density at radius 3 is 2.41 bits per heavy atom. The van der Waals surface area contributed by atoms with Gasteiger partial charge in [-0.25, -0.2) is 4.79 Å². The van der Waals surface area contributed by atoms with E-state index in [2.05, 4.69) is 12.2 Å². The highest BCUT2D eigenvalue weighted by Gasteiger charge is 2.39. The average molecular weight is 241 g/mol. The quantitative estimate of drug-likeness (QED) is 0.521. The number of amidine groups is 1. The molecule has 1 rings (SSSR count). The van der Waals surface area contributed by atoms with Gasteiger partial charge in [0.05, 0.1) is 6.10 Å². The lowest BCUT2D eigenvalue weighted by Gasteiger charge is -2.38. The van der Waals surface area contributed by atoms with Gasteiger partial charge in [-0.05, 0) is 45.4 Å². The van der Waals surface area contributed by atoms with Crippen molar-refractivity contribution in [3.05, 3.63) is 0 Å². The summed E-state index contributed by atoms with van der Waals surface area (Å²) in [6.07, 6.45) is 2.74. The molecule has 0 heterocycles. The first kappa shape index (κ1) is 13.8. The maximum Gasteiger partial charge on any atom is 0.408 e. The molecule has 98 valence electrons. The van der Waals surface area contributed by atoms with Gasteiger partial charge < -0.3 is 15.8 Å². The van der Waals surface area contributed by atoms with Crippen LogP contribution in [0.1, 0.15) is 46.5 Å². The van der Waals surface area contributed by atoms with E-state index in [0.29, 0.717) is 5.92 Å². The molecule has 4 N–H and O–H groups in total. The first-order valence-electron chi connectivity index (χ1n) is 6.19. The summed E-state index contributed by atoms with van der Waals surface area (Å²) in [6.45, 7) is 5.77. The molecule has 0 aromatic carbocycles. The Kier molecular flexibility index (Phi) is 4.37. The highest BCUT2D eigenvalue weighted by Crippen LogP contribution is 2.31. The Bertz CT molecular complexity index is 294. The van der Waals surface area contributed by atoms with E-state index in [-0.39, 0.29) is 11.9 Å². The van der Waals surface area contributed by atoms with Crippen LogP contribution < -0.4 is 11.1 Å². The molecule has 0 aliphatic heterocycles. The molecule has 5 heteroatoms. The fraction of sp³-hybridized carbons (Fsp3) is 0.833. The van der Waals surface area contributed by atoms with Gasteiger partial charge in [0.25, 0.3) is 0 Å². The van der Waals surface area contributed by atoms with Crippen LogP contribution in [0, 0.1) is 11.3 Å². The molecule has 1 aliphatic rings. The molecule has 0 unspecified atom stereocenters. The van der Waals surface area contributed by atoms with Crippen molar-refractivity contribution in [2.45, 2.75) is 58.1 Å². The van der Waals surface area contributed by atoms with Crippen molar-refractivity contribution in [2.75, 3.05) is 0 Å². The van der Waals surface area contributed by atoms with E-state index in [1.807, 2.05) is 0 Å². The second kappa shape index (κ2) is 5.38. The zero-order chi connectivity index (χ0) is 13.1. The van der Waals surface area contributed by atoms with Crippen LogP contribution >= 0.6 is 0 Å². The molecular weight excluding hydrogens is 218 g/mol. The average Bonchev–Trinajstić information content (AvgIpc) is 2.20. The third-order valence-corrected chi connectivity index (χ3v) is 3.33. The van der Waals surface area contributed by atoms with E-state index >= 15 is 0 Å². The number of ether oxygens (including phenoxy) is 1. The SMILES string of the molecule is CC1CCC(NC(=O)OC(C)C)(C(=N)N)CC1. The predicted octanol–water partition coefficient (Wildman–Crippen LogP) is 2.01. The van der Waals surface area contributed by atoms with Crippen molar-refractivity contribution < 1.29 is 9.53 Å². The molecule has 5 nitrogen and oxygen atoms in total. The van der Waals surface area contributed by atoms with Crippen LogP contribution in [0.25, 0.3) is 0 Å². The van der Waals surface area contributed by atoms with E-state index < -0.39 is 11.6 Å². The molecule has 0 bridgehead atoms. The molecule has 0 aromatic heterocycles. The lowest BCUT2D eigenvalue weighted by Crippen LogP contribution is -2.59. The fourth-order valence-electron chi connectivity index (χ4n) is 2.16. The molecule has 17 heavy (non-hydrogen) atoms. The highest BCUT2D eigenvalue weighted by molar-refractivity contribution is 5.90. The summed E-state index contributed by atoms with van der Waals surface area (Å²) in [5, 5.41) is 10.5. The molecule has 1 saturated carbocycles. The molecule has 0 atom stereocenters. The van der Waals surface area contributed by atoms with E-state index in [0.717, 1.165) is 25.7 Å². The van der Waals surface area contributed by atoms with Crippen LogP contribution in [0.5, 0.6) is 0 Å². The minimum Gasteiger partial charge on any atom is -0.447 e. The third-order valence-electron chi connectivity index (χ3n) is 3.33. The summed E-state index contributed by atoms with van der Waals surface area (Å²) >= 11 is 0. The van der Waals surface area contributed by atoms with Crippen molar-refractivity contribution in [3.8, 4) is 0 Å². The van der Waals surface area contributed by atoms with Gasteiger partial charge in [0.15, 0.2) is 0 Å².